The fraction of sp³-hybridized carbons (Fsp3) is 0.857. The number of rotatable bonds is 2. The first kappa shape index (κ1) is 9.67. The molecule has 0 saturated heterocycles. The Kier molecular flexibility index (Phi) is 3.22. The van der Waals surface area contributed by atoms with E-state index in [-0.39, 0.29) is 5.25 Å². The Morgan fingerprint density at radius 1 is 1.42 bits per heavy atom. The molecule has 0 aromatic rings. The number of carboxylic acid groups (broad SMARTS) is 1. The first-order valence-electron chi connectivity index (χ1n) is 3.93. The largest absolute Gasteiger partial charge is 0.481 e. The van der Waals surface area contributed by atoms with Crippen molar-refractivity contribution in [3.63, 3.8) is 0 Å². The number of hydrogen-bond donors (Lipinski definition) is 2. The molecule has 3 unspecified atom stereocenters. The highest BCUT2D eigenvalue weighted by atomic mass is 32.2. The molecule has 5 heteroatoms. The predicted molar refractivity (Wildman–Crippen MR) is 44.2 cm³/mol. The lowest BCUT2D eigenvalue weighted by Crippen LogP contribution is -2.28. The van der Waals surface area contributed by atoms with E-state index in [1.807, 2.05) is 0 Å². The minimum Gasteiger partial charge on any atom is -0.481 e. The van der Waals surface area contributed by atoms with Crippen LogP contribution in [0.2, 0.25) is 0 Å². The van der Waals surface area contributed by atoms with Gasteiger partial charge in [0.25, 0.3) is 0 Å². The topological polar surface area (TPSA) is 74.6 Å². The van der Waals surface area contributed by atoms with Gasteiger partial charge >= 0.3 is 5.97 Å². The number of aliphatic carboxylic acids is 1. The summed E-state index contributed by atoms with van der Waals surface area (Å²) < 4.78 is 19.4. The number of carboxylic acids is 1. The zero-order valence-electron chi connectivity index (χ0n) is 6.60. The average molecular weight is 192 g/mol. The van der Waals surface area contributed by atoms with Crippen molar-refractivity contribution in [2.24, 2.45) is 5.92 Å². The molecule has 0 heterocycles. The van der Waals surface area contributed by atoms with E-state index in [1.165, 1.54) is 0 Å². The summed E-state index contributed by atoms with van der Waals surface area (Å²) in [6.07, 6.45) is 2.41. The van der Waals surface area contributed by atoms with E-state index >= 15 is 0 Å². The fourth-order valence-corrected chi connectivity index (χ4v) is 2.32. The Balaban J connectivity index is 2.51. The molecule has 12 heavy (non-hydrogen) atoms. The van der Waals surface area contributed by atoms with Gasteiger partial charge in [-0.05, 0) is 19.3 Å². The smallest absolute Gasteiger partial charge is 0.306 e. The zero-order valence-corrected chi connectivity index (χ0v) is 7.42. The molecule has 1 aliphatic carbocycles. The second-order valence-electron chi connectivity index (χ2n) is 3.10. The van der Waals surface area contributed by atoms with Gasteiger partial charge in [-0.25, -0.2) is 4.21 Å². The quantitative estimate of drug-likeness (QED) is 0.636. The molecule has 4 nitrogen and oxygen atoms in total. The molecule has 0 aromatic heterocycles. The minimum absolute atomic E-state index is 0.333. The molecule has 0 aliphatic heterocycles. The van der Waals surface area contributed by atoms with Crippen LogP contribution in [-0.4, -0.2) is 25.1 Å². The third-order valence-corrected chi connectivity index (χ3v) is 3.26. The summed E-state index contributed by atoms with van der Waals surface area (Å²) in [6, 6.07) is 0. The van der Waals surface area contributed by atoms with Crippen molar-refractivity contribution in [2.45, 2.75) is 30.9 Å². The summed E-state index contributed by atoms with van der Waals surface area (Å²) in [7, 11) is 0. The molecular formula is C7H12O4S. The van der Waals surface area contributed by atoms with Crippen LogP contribution in [0.3, 0.4) is 0 Å². The molecular weight excluding hydrogens is 180 g/mol. The summed E-state index contributed by atoms with van der Waals surface area (Å²) >= 11 is -1.85. The lowest BCUT2D eigenvalue weighted by atomic mass is 9.89. The van der Waals surface area contributed by atoms with Gasteiger partial charge in [0.2, 0.25) is 0 Å². The Morgan fingerprint density at radius 3 is 2.58 bits per heavy atom. The minimum atomic E-state index is -1.85. The SMILES string of the molecule is O=C(O)C1CCCC(S(=O)O)C1. The summed E-state index contributed by atoms with van der Waals surface area (Å²) in [5.41, 5.74) is 0. The molecule has 0 amide bonds. The van der Waals surface area contributed by atoms with Crippen molar-refractivity contribution in [2.75, 3.05) is 0 Å². The predicted octanol–water partition coefficient (Wildman–Crippen LogP) is 0.852. The monoisotopic (exact) mass is 192 g/mol. The summed E-state index contributed by atoms with van der Waals surface area (Å²) in [5, 5.41) is 8.32. The van der Waals surface area contributed by atoms with Gasteiger partial charge < -0.3 is 9.66 Å². The molecule has 0 radical (unpaired) electrons. The number of hydrogen-bond acceptors (Lipinski definition) is 2. The van der Waals surface area contributed by atoms with Gasteiger partial charge in [0.05, 0.1) is 11.2 Å². The molecule has 70 valence electrons. The van der Waals surface area contributed by atoms with Gasteiger partial charge in [0.1, 0.15) is 0 Å². The van der Waals surface area contributed by atoms with Crippen LogP contribution in [0.25, 0.3) is 0 Å². The zero-order chi connectivity index (χ0) is 9.14. The van der Waals surface area contributed by atoms with Crippen LogP contribution >= 0.6 is 0 Å². The van der Waals surface area contributed by atoms with E-state index in [2.05, 4.69) is 0 Å². The molecule has 1 rings (SSSR count). The van der Waals surface area contributed by atoms with Crippen molar-refractivity contribution in [1.82, 2.24) is 0 Å². The van der Waals surface area contributed by atoms with Crippen LogP contribution in [0.1, 0.15) is 25.7 Å². The molecule has 1 saturated carbocycles. The molecule has 0 aromatic carbocycles. The molecule has 0 bridgehead atoms. The van der Waals surface area contributed by atoms with Crippen molar-refractivity contribution in [1.29, 1.82) is 0 Å². The lowest BCUT2D eigenvalue weighted by Gasteiger charge is -2.23. The third-order valence-electron chi connectivity index (χ3n) is 2.26. The highest BCUT2D eigenvalue weighted by Crippen LogP contribution is 2.26. The van der Waals surface area contributed by atoms with Crippen molar-refractivity contribution < 1.29 is 18.7 Å². The average Bonchev–Trinajstić information content (AvgIpc) is 2.04. The van der Waals surface area contributed by atoms with E-state index in [1.54, 1.807) is 0 Å². The Labute approximate surface area is 73.3 Å². The summed E-state index contributed by atoms with van der Waals surface area (Å²) in [6.45, 7) is 0. The molecule has 0 spiro atoms. The summed E-state index contributed by atoms with van der Waals surface area (Å²) in [4.78, 5) is 10.5. The fourth-order valence-electron chi connectivity index (χ4n) is 1.55. The molecule has 1 fully saturated rings. The van der Waals surface area contributed by atoms with E-state index in [9.17, 15) is 9.00 Å². The van der Waals surface area contributed by atoms with Gasteiger partial charge in [-0.3, -0.25) is 4.79 Å². The Morgan fingerprint density at radius 2 is 2.08 bits per heavy atom. The van der Waals surface area contributed by atoms with Gasteiger partial charge in [-0.1, -0.05) is 6.42 Å². The maximum atomic E-state index is 10.6. The number of carbonyl (C=O) groups is 1. The highest BCUT2D eigenvalue weighted by Gasteiger charge is 2.29. The first-order chi connectivity index (χ1) is 5.61. The lowest BCUT2D eigenvalue weighted by molar-refractivity contribution is -0.142. The first-order valence-corrected chi connectivity index (χ1v) is 5.10. The maximum absolute atomic E-state index is 10.6. The van der Waals surface area contributed by atoms with E-state index in [4.69, 9.17) is 9.66 Å². The second-order valence-corrected chi connectivity index (χ2v) is 4.32. The highest BCUT2D eigenvalue weighted by molar-refractivity contribution is 7.79. The van der Waals surface area contributed by atoms with E-state index in [0.717, 1.165) is 6.42 Å². The van der Waals surface area contributed by atoms with Crippen LogP contribution in [-0.2, 0) is 15.9 Å². The van der Waals surface area contributed by atoms with Crippen LogP contribution < -0.4 is 0 Å². The third kappa shape index (κ3) is 2.28. The molecule has 2 N–H and O–H groups in total. The maximum Gasteiger partial charge on any atom is 0.306 e. The van der Waals surface area contributed by atoms with Crippen LogP contribution in [0.15, 0.2) is 0 Å². The van der Waals surface area contributed by atoms with Gasteiger partial charge in [0, 0.05) is 0 Å². The van der Waals surface area contributed by atoms with Crippen molar-refractivity contribution >= 4 is 17.0 Å². The van der Waals surface area contributed by atoms with Gasteiger partial charge in [-0.15, -0.1) is 0 Å². The Bertz CT molecular complexity index is 184. The van der Waals surface area contributed by atoms with Gasteiger partial charge in [-0.2, -0.15) is 0 Å². The van der Waals surface area contributed by atoms with Crippen LogP contribution in [0.4, 0.5) is 0 Å². The summed E-state index contributed by atoms with van der Waals surface area (Å²) in [5.74, 6) is -1.26. The second kappa shape index (κ2) is 4.00. The standard InChI is InChI=1S/C7H12O4S/c8-7(9)5-2-1-3-6(4-5)12(10)11/h5-6H,1-4H2,(H,8,9)(H,10,11). The van der Waals surface area contributed by atoms with E-state index in [0.29, 0.717) is 19.3 Å². The molecule has 1 aliphatic rings. The Hall–Kier alpha value is -0.420. The van der Waals surface area contributed by atoms with Gasteiger partial charge in [0.15, 0.2) is 11.1 Å². The van der Waals surface area contributed by atoms with Crippen LogP contribution in [0, 0.1) is 5.92 Å². The van der Waals surface area contributed by atoms with Crippen LogP contribution in [0.5, 0.6) is 0 Å². The van der Waals surface area contributed by atoms with E-state index < -0.39 is 23.0 Å². The van der Waals surface area contributed by atoms with Crippen molar-refractivity contribution in [3.8, 4) is 0 Å². The molecule has 3 atom stereocenters. The van der Waals surface area contributed by atoms with Crippen molar-refractivity contribution in [3.05, 3.63) is 0 Å². The normalized spacial score (nSPS) is 32.8.